The average molecular weight is 330 g/mol. The molecule has 1 unspecified atom stereocenters. The van der Waals surface area contributed by atoms with E-state index in [2.05, 4.69) is 34.9 Å². The van der Waals surface area contributed by atoms with Gasteiger partial charge < -0.3 is 4.90 Å². The molecule has 19 heavy (non-hydrogen) atoms. The molecule has 0 aliphatic heterocycles. The van der Waals surface area contributed by atoms with Crippen LogP contribution >= 0.6 is 15.9 Å². The molecule has 0 N–H and O–H groups in total. The van der Waals surface area contributed by atoms with Gasteiger partial charge in [0.1, 0.15) is 6.04 Å². The molecule has 1 amide bonds. The standard InChI is InChI=1S/C14H24BrN3O/c1-6-8-17(9-7-2)14(19)12(5)18-11(4)13(15)10(3)16-18/h12H,6-9H2,1-5H3. The van der Waals surface area contributed by atoms with Crippen molar-refractivity contribution in [1.29, 1.82) is 0 Å². The molecule has 0 saturated heterocycles. The van der Waals surface area contributed by atoms with E-state index < -0.39 is 0 Å². The number of halogens is 1. The maximum atomic E-state index is 12.5. The van der Waals surface area contributed by atoms with Gasteiger partial charge in [0.15, 0.2) is 0 Å². The molecule has 1 rings (SSSR count). The van der Waals surface area contributed by atoms with Crippen molar-refractivity contribution in [3.05, 3.63) is 15.9 Å². The van der Waals surface area contributed by atoms with Crippen LogP contribution in [0.3, 0.4) is 0 Å². The van der Waals surface area contributed by atoms with Crippen molar-refractivity contribution >= 4 is 21.8 Å². The third kappa shape index (κ3) is 3.59. The fourth-order valence-corrected chi connectivity index (χ4v) is 2.52. The molecule has 0 fully saturated rings. The van der Waals surface area contributed by atoms with Crippen molar-refractivity contribution in [2.75, 3.05) is 13.1 Å². The van der Waals surface area contributed by atoms with Gasteiger partial charge in [0, 0.05) is 13.1 Å². The average Bonchev–Trinajstić information content (AvgIpc) is 2.64. The summed E-state index contributed by atoms with van der Waals surface area (Å²) in [5, 5.41) is 4.46. The lowest BCUT2D eigenvalue weighted by Gasteiger charge is -2.25. The molecular formula is C14H24BrN3O. The number of hydrogen-bond donors (Lipinski definition) is 0. The summed E-state index contributed by atoms with van der Waals surface area (Å²) >= 11 is 3.51. The maximum Gasteiger partial charge on any atom is 0.247 e. The van der Waals surface area contributed by atoms with Crippen LogP contribution in [0.2, 0.25) is 0 Å². The Morgan fingerprint density at radius 1 is 1.32 bits per heavy atom. The van der Waals surface area contributed by atoms with Gasteiger partial charge in [0.05, 0.1) is 15.9 Å². The van der Waals surface area contributed by atoms with Gasteiger partial charge in [-0.25, -0.2) is 0 Å². The van der Waals surface area contributed by atoms with Crippen LogP contribution in [-0.4, -0.2) is 33.7 Å². The Bertz CT molecular complexity index is 436. The highest BCUT2D eigenvalue weighted by Gasteiger charge is 2.24. The zero-order valence-electron chi connectivity index (χ0n) is 12.5. The minimum Gasteiger partial charge on any atom is -0.341 e. The first-order chi connectivity index (χ1) is 8.93. The number of hydrogen-bond acceptors (Lipinski definition) is 2. The second kappa shape index (κ2) is 7.08. The predicted octanol–water partition coefficient (Wildman–Crippen LogP) is 3.47. The minimum absolute atomic E-state index is 0.154. The van der Waals surface area contributed by atoms with Crippen molar-refractivity contribution in [2.24, 2.45) is 0 Å². The smallest absolute Gasteiger partial charge is 0.247 e. The Balaban J connectivity index is 2.93. The van der Waals surface area contributed by atoms with Crippen LogP contribution in [0.5, 0.6) is 0 Å². The van der Waals surface area contributed by atoms with Crippen LogP contribution < -0.4 is 0 Å². The van der Waals surface area contributed by atoms with Gasteiger partial charge in [-0.15, -0.1) is 0 Å². The van der Waals surface area contributed by atoms with Crippen molar-refractivity contribution in [2.45, 2.75) is 53.5 Å². The molecule has 0 radical (unpaired) electrons. The van der Waals surface area contributed by atoms with Gasteiger partial charge in [-0.2, -0.15) is 5.10 Å². The van der Waals surface area contributed by atoms with Crippen LogP contribution in [0.25, 0.3) is 0 Å². The molecule has 0 saturated carbocycles. The third-order valence-corrected chi connectivity index (χ3v) is 4.41. The van der Waals surface area contributed by atoms with Crippen molar-refractivity contribution < 1.29 is 4.79 Å². The summed E-state index contributed by atoms with van der Waals surface area (Å²) in [4.78, 5) is 14.5. The Labute approximate surface area is 124 Å². The maximum absolute atomic E-state index is 12.5. The normalized spacial score (nSPS) is 12.5. The number of amides is 1. The van der Waals surface area contributed by atoms with Crippen LogP contribution in [0.1, 0.15) is 51.0 Å². The highest BCUT2D eigenvalue weighted by Crippen LogP contribution is 2.23. The molecule has 1 aromatic rings. The molecule has 0 aliphatic carbocycles. The predicted molar refractivity (Wildman–Crippen MR) is 81.3 cm³/mol. The van der Waals surface area contributed by atoms with Crippen molar-refractivity contribution in [3.63, 3.8) is 0 Å². The quantitative estimate of drug-likeness (QED) is 0.801. The fraction of sp³-hybridized carbons (Fsp3) is 0.714. The van der Waals surface area contributed by atoms with Gasteiger partial charge in [-0.3, -0.25) is 9.48 Å². The van der Waals surface area contributed by atoms with E-state index in [4.69, 9.17) is 0 Å². The van der Waals surface area contributed by atoms with Gasteiger partial charge in [-0.1, -0.05) is 13.8 Å². The molecule has 108 valence electrons. The van der Waals surface area contributed by atoms with Crippen LogP contribution in [0, 0.1) is 13.8 Å². The van der Waals surface area contributed by atoms with Crippen LogP contribution in [0.4, 0.5) is 0 Å². The SMILES string of the molecule is CCCN(CCC)C(=O)C(C)n1nc(C)c(Br)c1C. The molecule has 0 aliphatic rings. The van der Waals surface area contributed by atoms with E-state index in [-0.39, 0.29) is 11.9 Å². The van der Waals surface area contributed by atoms with E-state index >= 15 is 0 Å². The number of carbonyl (C=O) groups is 1. The van der Waals surface area contributed by atoms with Crippen molar-refractivity contribution in [1.82, 2.24) is 14.7 Å². The van der Waals surface area contributed by atoms with Gasteiger partial charge in [0.25, 0.3) is 0 Å². The number of aromatic nitrogens is 2. The number of rotatable bonds is 6. The zero-order chi connectivity index (χ0) is 14.6. The van der Waals surface area contributed by atoms with Gasteiger partial charge in [-0.05, 0) is 49.5 Å². The summed E-state index contributed by atoms with van der Waals surface area (Å²) in [5.74, 6) is 0.154. The lowest BCUT2D eigenvalue weighted by molar-refractivity contribution is -0.134. The highest BCUT2D eigenvalue weighted by atomic mass is 79.9. The summed E-state index contributed by atoms with van der Waals surface area (Å²) in [6.07, 6.45) is 1.97. The van der Waals surface area contributed by atoms with E-state index in [1.807, 2.05) is 30.4 Å². The summed E-state index contributed by atoms with van der Waals surface area (Å²) < 4.78 is 2.81. The van der Waals surface area contributed by atoms with E-state index in [9.17, 15) is 4.79 Å². The molecule has 5 heteroatoms. The summed E-state index contributed by atoms with van der Waals surface area (Å²) in [6.45, 7) is 11.7. The molecule has 1 heterocycles. The monoisotopic (exact) mass is 329 g/mol. The zero-order valence-corrected chi connectivity index (χ0v) is 14.1. The van der Waals surface area contributed by atoms with Crippen molar-refractivity contribution in [3.8, 4) is 0 Å². The van der Waals surface area contributed by atoms with E-state index in [1.165, 1.54) is 0 Å². The van der Waals surface area contributed by atoms with Gasteiger partial charge in [0.2, 0.25) is 5.91 Å². The summed E-state index contributed by atoms with van der Waals surface area (Å²) in [5.41, 5.74) is 1.93. The van der Waals surface area contributed by atoms with E-state index in [0.29, 0.717) is 0 Å². The molecule has 0 spiro atoms. The lowest BCUT2D eigenvalue weighted by atomic mass is 10.2. The molecule has 0 aromatic carbocycles. The number of aryl methyl sites for hydroxylation is 1. The molecule has 1 atom stereocenters. The Morgan fingerprint density at radius 2 is 1.84 bits per heavy atom. The first-order valence-corrected chi connectivity index (χ1v) is 7.73. The first kappa shape index (κ1) is 16.2. The lowest BCUT2D eigenvalue weighted by Crippen LogP contribution is -2.38. The van der Waals surface area contributed by atoms with Crippen LogP contribution in [-0.2, 0) is 4.79 Å². The summed E-state index contributed by atoms with van der Waals surface area (Å²) in [7, 11) is 0. The Kier molecular flexibility index (Phi) is 6.04. The van der Waals surface area contributed by atoms with Crippen LogP contribution in [0.15, 0.2) is 4.47 Å². The van der Waals surface area contributed by atoms with E-state index in [1.54, 1.807) is 0 Å². The first-order valence-electron chi connectivity index (χ1n) is 6.93. The molecular weight excluding hydrogens is 306 g/mol. The Hall–Kier alpha value is -0.840. The fourth-order valence-electron chi connectivity index (χ4n) is 2.26. The number of nitrogens with zero attached hydrogens (tertiary/aromatic N) is 3. The summed E-state index contributed by atoms with van der Waals surface area (Å²) in [6, 6.07) is -0.247. The highest BCUT2D eigenvalue weighted by molar-refractivity contribution is 9.10. The molecule has 4 nitrogen and oxygen atoms in total. The van der Waals surface area contributed by atoms with E-state index in [0.717, 1.165) is 41.8 Å². The molecule has 0 bridgehead atoms. The van der Waals surface area contributed by atoms with Gasteiger partial charge >= 0.3 is 0 Å². The molecule has 1 aromatic heterocycles. The Morgan fingerprint density at radius 3 is 2.21 bits per heavy atom. The minimum atomic E-state index is -0.247. The second-order valence-electron chi connectivity index (χ2n) is 4.93. The largest absolute Gasteiger partial charge is 0.341 e. The topological polar surface area (TPSA) is 38.1 Å². The number of carbonyl (C=O) groups excluding carboxylic acids is 1. The third-order valence-electron chi connectivity index (χ3n) is 3.26. The second-order valence-corrected chi connectivity index (χ2v) is 5.72.